The summed E-state index contributed by atoms with van der Waals surface area (Å²) in [6, 6.07) is 2.61. The van der Waals surface area contributed by atoms with Gasteiger partial charge in [-0.3, -0.25) is 29.0 Å². The van der Waals surface area contributed by atoms with Crippen molar-refractivity contribution in [3.05, 3.63) is 65.8 Å². The quantitative estimate of drug-likeness (QED) is 0.0833. The van der Waals surface area contributed by atoms with E-state index in [0.717, 1.165) is 0 Å². The van der Waals surface area contributed by atoms with Crippen LogP contribution in [0.3, 0.4) is 0 Å². The van der Waals surface area contributed by atoms with Gasteiger partial charge in [-0.25, -0.2) is 5.43 Å². The van der Waals surface area contributed by atoms with Crippen LogP contribution in [0.25, 0.3) is 0 Å². The first-order valence-corrected chi connectivity index (χ1v) is 28.9. The Morgan fingerprint density at radius 2 is 1.61 bits per heavy atom. The number of carbonyl (C=O) groups is 6. The Balaban J connectivity index is 1.36. The maximum absolute atomic E-state index is 14.6. The van der Waals surface area contributed by atoms with Crippen LogP contribution in [0, 0.1) is 47.3 Å². The Morgan fingerprint density at radius 3 is 2.27 bits per heavy atom. The summed E-state index contributed by atoms with van der Waals surface area (Å²) in [4.78, 5) is 82.3. The van der Waals surface area contributed by atoms with Gasteiger partial charge in [-0.2, -0.15) is 0 Å². The van der Waals surface area contributed by atoms with Gasteiger partial charge in [0, 0.05) is 61.8 Å². The molecule has 2 bridgehead atoms. The van der Waals surface area contributed by atoms with Crippen LogP contribution in [0.2, 0.25) is 0 Å². The van der Waals surface area contributed by atoms with Crippen molar-refractivity contribution in [2.45, 2.75) is 213 Å². The SMILES string of the molecule is CC[C@H]1C[C@H](C)[C@@]2(NC1=O)O[C@@H](C[C@H](O)[C@@H](C)CC[C@H](O)[C@@H](O)/C=C(\C)[C@@H]1C/C=C/C=C/[C@H](O)[C@H](C)[C@@H](O)[C@@H](CCC(C)=O)C(=O)N[C@@H](C(C)C)C(=O)N[C@@H](Cc3cccc(O)c3)C(=O)N3CCC[C@H](N3)C(=O)O1)[C@H](C)[C@H](O)[C@@H]2C. The number of allylic oxidation sites excluding steroid dienone is 2. The van der Waals surface area contributed by atoms with Gasteiger partial charge >= 0.3 is 5.97 Å². The summed E-state index contributed by atoms with van der Waals surface area (Å²) < 4.78 is 12.8. The number of phenols is 1. The summed E-state index contributed by atoms with van der Waals surface area (Å²) >= 11 is 0. The number of ether oxygens (including phenoxy) is 2. The zero-order chi connectivity index (χ0) is 59.3. The van der Waals surface area contributed by atoms with E-state index in [0.29, 0.717) is 36.8 Å². The zero-order valence-electron chi connectivity index (χ0n) is 48.5. The summed E-state index contributed by atoms with van der Waals surface area (Å²) in [7, 11) is 0. The molecule has 0 saturated carbocycles. The molecule has 11 N–H and O–H groups in total. The van der Waals surface area contributed by atoms with Crippen LogP contribution in [0.4, 0.5) is 0 Å². The number of amides is 4. The van der Waals surface area contributed by atoms with E-state index in [1.165, 1.54) is 42.3 Å². The number of Topliss-reactive ketones (excluding diaryl/α,β-unsaturated/α-hetero) is 1. The van der Waals surface area contributed by atoms with Gasteiger partial charge in [0.05, 0.1) is 48.6 Å². The van der Waals surface area contributed by atoms with Crippen LogP contribution in [-0.2, 0) is 44.7 Å². The lowest BCUT2D eigenvalue weighted by Crippen LogP contribution is -2.71. The number of piperidine rings is 1. The minimum atomic E-state index is -1.48. The van der Waals surface area contributed by atoms with Gasteiger partial charge in [0.25, 0.3) is 5.91 Å². The molecule has 0 unspecified atom stereocenters. The number of ketones is 1. The number of rotatable bonds is 16. The second-order valence-electron chi connectivity index (χ2n) is 23.8. The first kappa shape index (κ1) is 65.7. The Morgan fingerprint density at radius 1 is 0.900 bits per heavy atom. The van der Waals surface area contributed by atoms with E-state index in [-0.39, 0.29) is 98.5 Å². The minimum absolute atomic E-state index is 0.0501. The lowest BCUT2D eigenvalue weighted by atomic mass is 9.69. The number of phenolic OH excluding ortho intramolecular Hbond substituents is 1. The van der Waals surface area contributed by atoms with Gasteiger partial charge < -0.3 is 66.0 Å². The molecule has 0 aliphatic carbocycles. The highest BCUT2D eigenvalue weighted by Crippen LogP contribution is 2.46. The molecule has 0 aromatic heterocycles. The number of hydrazine groups is 1. The fourth-order valence-electron chi connectivity index (χ4n) is 11.6. The Labute approximate surface area is 472 Å². The third-order valence-corrected chi connectivity index (χ3v) is 17.3. The monoisotopic (exact) mass is 1120 g/mol. The lowest BCUT2D eigenvalue weighted by molar-refractivity contribution is -0.267. The number of hydrogen-bond donors (Lipinski definition) is 11. The molecule has 3 fully saturated rings. The number of nitrogens with zero attached hydrogens (tertiary/aromatic N) is 1. The third-order valence-electron chi connectivity index (χ3n) is 17.3. The molecule has 4 aliphatic heterocycles. The molecule has 1 aromatic carbocycles. The number of carbonyl (C=O) groups excluding carboxylic acids is 6. The molecule has 4 amide bonds. The fourth-order valence-corrected chi connectivity index (χ4v) is 11.6. The summed E-state index contributed by atoms with van der Waals surface area (Å²) in [5.74, 6) is -7.27. The van der Waals surface area contributed by atoms with Crippen molar-refractivity contribution in [3.63, 3.8) is 0 Å². The molecule has 448 valence electrons. The van der Waals surface area contributed by atoms with E-state index in [9.17, 15) is 64.5 Å². The number of aliphatic hydroxyl groups is 6. The number of aromatic hydroxyl groups is 1. The molecule has 19 atom stereocenters. The van der Waals surface area contributed by atoms with E-state index in [1.807, 2.05) is 34.6 Å². The van der Waals surface area contributed by atoms with Crippen molar-refractivity contribution in [2.24, 2.45) is 47.3 Å². The van der Waals surface area contributed by atoms with Gasteiger partial charge in [0.15, 0.2) is 0 Å². The second kappa shape index (κ2) is 29.8. The lowest BCUT2D eigenvalue weighted by Gasteiger charge is -2.56. The summed E-state index contributed by atoms with van der Waals surface area (Å²) in [5.41, 5.74) is 2.77. The summed E-state index contributed by atoms with van der Waals surface area (Å²) in [6.45, 7) is 17.6. The maximum Gasteiger partial charge on any atom is 0.325 e. The van der Waals surface area contributed by atoms with E-state index in [1.54, 1.807) is 52.0 Å². The molecule has 1 spiro atoms. The van der Waals surface area contributed by atoms with E-state index >= 15 is 0 Å². The highest BCUT2D eigenvalue weighted by molar-refractivity contribution is 5.93. The van der Waals surface area contributed by atoms with Crippen LogP contribution in [0.5, 0.6) is 5.75 Å². The smallest absolute Gasteiger partial charge is 0.325 e. The van der Waals surface area contributed by atoms with Crippen LogP contribution >= 0.6 is 0 Å². The highest BCUT2D eigenvalue weighted by atomic mass is 16.5. The molecular formula is C60H93N5O15. The number of hydrogen-bond acceptors (Lipinski definition) is 16. The Hall–Kier alpha value is -5.06. The van der Waals surface area contributed by atoms with E-state index < -0.39 is 114 Å². The van der Waals surface area contributed by atoms with Gasteiger partial charge in [-0.15, -0.1) is 0 Å². The van der Waals surface area contributed by atoms with Crippen LogP contribution < -0.4 is 21.4 Å². The molecule has 80 heavy (non-hydrogen) atoms. The molecule has 20 nitrogen and oxygen atoms in total. The Kier molecular flexibility index (Phi) is 24.5. The van der Waals surface area contributed by atoms with Gasteiger partial charge in [0.2, 0.25) is 17.7 Å². The summed E-state index contributed by atoms with van der Waals surface area (Å²) in [5, 5.41) is 88.7. The van der Waals surface area contributed by atoms with Gasteiger partial charge in [-0.05, 0) is 93.9 Å². The minimum Gasteiger partial charge on any atom is -0.508 e. The molecule has 4 aliphatic rings. The first-order chi connectivity index (χ1) is 37.7. The first-order valence-electron chi connectivity index (χ1n) is 28.9. The number of esters is 1. The third kappa shape index (κ3) is 17.0. The molecule has 1 aromatic rings. The Bertz CT molecular complexity index is 2360. The number of benzene rings is 1. The van der Waals surface area contributed by atoms with Crippen molar-refractivity contribution in [3.8, 4) is 5.75 Å². The van der Waals surface area contributed by atoms with Gasteiger partial charge in [0.1, 0.15) is 41.5 Å². The molecule has 4 heterocycles. The average Bonchev–Trinajstić information content (AvgIpc) is 3.41. The summed E-state index contributed by atoms with van der Waals surface area (Å²) in [6.07, 6.45) is 1.04. The van der Waals surface area contributed by atoms with E-state index in [2.05, 4.69) is 21.4 Å². The predicted octanol–water partition coefficient (Wildman–Crippen LogP) is 3.57. The van der Waals surface area contributed by atoms with E-state index in [4.69, 9.17) is 9.47 Å². The predicted molar refractivity (Wildman–Crippen MR) is 298 cm³/mol. The molecule has 3 saturated heterocycles. The van der Waals surface area contributed by atoms with Crippen LogP contribution in [0.15, 0.2) is 60.2 Å². The number of fused-ring (bicyclic) bond motifs is 2. The van der Waals surface area contributed by atoms with Crippen molar-refractivity contribution < 1.29 is 74.0 Å². The van der Waals surface area contributed by atoms with Crippen molar-refractivity contribution in [1.29, 1.82) is 0 Å². The van der Waals surface area contributed by atoms with Crippen LogP contribution in [-0.4, -0.2) is 155 Å². The maximum atomic E-state index is 14.6. The number of aliphatic hydroxyl groups excluding tert-OH is 6. The zero-order valence-corrected chi connectivity index (χ0v) is 48.5. The molecule has 20 heteroatoms. The average molecular weight is 1120 g/mol. The number of cyclic esters (lactones) is 1. The molecule has 0 radical (unpaired) electrons. The van der Waals surface area contributed by atoms with Gasteiger partial charge in [-0.1, -0.05) is 97.9 Å². The largest absolute Gasteiger partial charge is 0.508 e. The second-order valence-corrected chi connectivity index (χ2v) is 23.8. The standard InChI is InChI=1S/C60H93N5O15/c1-11-41-28-35(6)60(63-55(41)74)39(10)53(72)38(9)51(80-60)31-48(70)33(4)22-25-47(69)49(71)27-34(5)50-21-14-12-13-20-46(68)37(8)54(73)43(24-23-36(7)66)56(75)62-52(32(2)3)57(76)61-45(30-40-17-15-18-42(67)29-40)58(77)65-26-16-19-44(64-65)59(78)79-50/h12-15,17-18,20,27,29,32-33,35,37-39,41,43-54,64,67-73H,11,16,19,21-26,28,30-31H2,1-10H3,(H,61,76)(H,62,75)(H,63,74)/b14-12+,20-13+,34-27+/t33-,35-,37-,38-,39-,41-,43+,44-,45-,46-,47-,48-,49-,50-,51-,52-,53-,54+,60+/m0/s1. The normalized spacial score (nSPS) is 35.1. The fraction of sp³-hybridized carbons (Fsp3) is 0.700. The van der Waals surface area contributed by atoms with Crippen molar-refractivity contribution in [1.82, 2.24) is 26.4 Å². The van der Waals surface area contributed by atoms with Crippen molar-refractivity contribution >= 4 is 35.4 Å². The van der Waals surface area contributed by atoms with Crippen molar-refractivity contribution in [2.75, 3.05) is 6.54 Å². The topological polar surface area (TPSA) is 314 Å². The van der Waals surface area contributed by atoms with Crippen LogP contribution in [0.1, 0.15) is 139 Å². The molecular weight excluding hydrogens is 1030 g/mol. The molecule has 5 rings (SSSR count). The number of nitrogens with one attached hydrogen (secondary N) is 4. The highest BCUT2D eigenvalue weighted by Gasteiger charge is 2.57.